The fourth-order valence-corrected chi connectivity index (χ4v) is 11.8. The number of rotatable bonds is 13. The van der Waals surface area contributed by atoms with Gasteiger partial charge in [0.15, 0.2) is 29.4 Å². The number of allylic oxidation sites excluding steroid dienone is 1. The second kappa shape index (κ2) is 18.7. The van der Waals surface area contributed by atoms with Gasteiger partial charge in [-0.1, -0.05) is 61.5 Å². The van der Waals surface area contributed by atoms with Gasteiger partial charge in [-0.25, -0.2) is 0 Å². The van der Waals surface area contributed by atoms with Crippen molar-refractivity contribution in [3.8, 4) is 0 Å². The van der Waals surface area contributed by atoms with Crippen molar-refractivity contribution >= 4 is 11.8 Å². The fourth-order valence-electron chi connectivity index (χ4n) is 11.8. The maximum Gasteiger partial charge on any atom is 0.306 e. The molecule has 0 aromatic heterocycles. The van der Waals surface area contributed by atoms with E-state index in [1.165, 1.54) is 0 Å². The van der Waals surface area contributed by atoms with E-state index >= 15 is 0 Å². The van der Waals surface area contributed by atoms with Gasteiger partial charge in [0.2, 0.25) is 0 Å². The number of carbonyl (C=O) groups is 2. The van der Waals surface area contributed by atoms with Crippen molar-refractivity contribution in [2.45, 2.75) is 212 Å². The van der Waals surface area contributed by atoms with E-state index in [1.807, 2.05) is 33.8 Å². The largest absolute Gasteiger partial charge is 0.481 e. The summed E-state index contributed by atoms with van der Waals surface area (Å²) in [6.45, 7) is 20.9. The van der Waals surface area contributed by atoms with Crippen LogP contribution in [0, 0.1) is 47.3 Å². The first kappa shape index (κ1) is 48.9. The topological polar surface area (TPSA) is 189 Å². The van der Waals surface area contributed by atoms with Crippen molar-refractivity contribution in [2.75, 3.05) is 13.7 Å². The molecule has 6 aliphatic heterocycles. The summed E-state index contributed by atoms with van der Waals surface area (Å²) in [5.41, 5.74) is -0.326. The Balaban J connectivity index is 1.24. The number of hydrogen-bond acceptors (Lipinski definition) is 13. The van der Waals surface area contributed by atoms with E-state index in [0.29, 0.717) is 44.1 Å². The van der Waals surface area contributed by atoms with Crippen molar-refractivity contribution in [3.63, 3.8) is 0 Å². The number of carboxylic acids is 1. The molecule has 0 amide bonds. The molecule has 6 aliphatic rings. The Kier molecular flexibility index (Phi) is 15.0. The van der Waals surface area contributed by atoms with Crippen LogP contribution in [0.2, 0.25) is 0 Å². The minimum absolute atomic E-state index is 0.0130. The van der Waals surface area contributed by atoms with Crippen LogP contribution in [0.25, 0.3) is 0 Å². The number of Topliss-reactive ketones (excluding diaryl/α,β-unsaturated/α-hetero) is 1. The minimum Gasteiger partial charge on any atom is -0.481 e. The third kappa shape index (κ3) is 9.71. The van der Waals surface area contributed by atoms with Gasteiger partial charge < -0.3 is 58.3 Å². The molecule has 2 spiro atoms. The van der Waals surface area contributed by atoms with Crippen LogP contribution in [0.5, 0.6) is 0 Å². The van der Waals surface area contributed by atoms with Crippen molar-refractivity contribution in [1.82, 2.24) is 0 Å². The zero-order valence-corrected chi connectivity index (χ0v) is 38.8. The molecule has 6 saturated heterocycles. The third-order valence-corrected chi connectivity index (χ3v) is 15.9. The zero-order valence-electron chi connectivity index (χ0n) is 38.8. The fraction of sp³-hybridized carbons (Fsp3) is 0.915. The summed E-state index contributed by atoms with van der Waals surface area (Å²) in [4.78, 5) is 24.8. The molecule has 0 unspecified atom stereocenters. The van der Waals surface area contributed by atoms with E-state index in [2.05, 4.69) is 27.7 Å². The Labute approximate surface area is 363 Å². The molecular weight excluding hydrogens is 789 g/mol. The Morgan fingerprint density at radius 1 is 0.902 bits per heavy atom. The normalized spacial score (nSPS) is 48.6. The minimum atomic E-state index is -1.66. The van der Waals surface area contributed by atoms with Gasteiger partial charge >= 0.3 is 5.97 Å². The van der Waals surface area contributed by atoms with Crippen LogP contribution in [0.15, 0.2) is 11.6 Å². The van der Waals surface area contributed by atoms with Crippen molar-refractivity contribution in [3.05, 3.63) is 11.6 Å². The predicted octanol–water partition coefficient (Wildman–Crippen LogP) is 6.15. The van der Waals surface area contributed by atoms with Gasteiger partial charge in [-0.2, -0.15) is 0 Å². The van der Waals surface area contributed by atoms with Gasteiger partial charge in [-0.3, -0.25) is 9.59 Å². The van der Waals surface area contributed by atoms with E-state index < -0.39 is 84.2 Å². The second-order valence-corrected chi connectivity index (χ2v) is 20.6. The molecule has 0 bridgehead atoms. The first-order valence-corrected chi connectivity index (χ1v) is 23.2. The molecule has 0 aromatic carbocycles. The molecule has 14 heteroatoms. The van der Waals surface area contributed by atoms with Crippen LogP contribution < -0.4 is 0 Å². The highest BCUT2D eigenvalue weighted by Crippen LogP contribution is 2.56. The summed E-state index contributed by atoms with van der Waals surface area (Å²) in [7, 11) is 1.70. The van der Waals surface area contributed by atoms with Crippen LogP contribution in [0.1, 0.15) is 134 Å². The summed E-state index contributed by atoms with van der Waals surface area (Å²) < 4.78 is 53.9. The van der Waals surface area contributed by atoms with Crippen LogP contribution in [-0.2, 0) is 47.5 Å². The van der Waals surface area contributed by atoms with E-state index in [-0.39, 0.29) is 72.4 Å². The summed E-state index contributed by atoms with van der Waals surface area (Å²) in [5, 5.41) is 42.5. The first-order valence-electron chi connectivity index (χ1n) is 23.2. The molecule has 0 radical (unpaired) electrons. The lowest BCUT2D eigenvalue weighted by Gasteiger charge is -2.54. The van der Waals surface area contributed by atoms with Gasteiger partial charge in [0.1, 0.15) is 0 Å². The van der Waals surface area contributed by atoms with Crippen LogP contribution >= 0.6 is 0 Å². The Bertz CT molecular complexity index is 1570. The van der Waals surface area contributed by atoms with E-state index in [0.717, 1.165) is 6.42 Å². The zero-order chi connectivity index (χ0) is 45.0. The highest BCUT2D eigenvalue weighted by molar-refractivity contribution is 5.96. The molecule has 350 valence electrons. The molecule has 0 saturated carbocycles. The number of carbonyl (C=O) groups excluding carboxylic acids is 1. The van der Waals surface area contributed by atoms with Crippen LogP contribution in [0.3, 0.4) is 0 Å². The summed E-state index contributed by atoms with van der Waals surface area (Å²) in [5.74, 6) is -7.01. The maximum absolute atomic E-state index is 13.4. The Morgan fingerprint density at radius 2 is 1.61 bits per heavy atom. The highest BCUT2D eigenvalue weighted by atomic mass is 16.8. The van der Waals surface area contributed by atoms with Gasteiger partial charge in [0.25, 0.3) is 0 Å². The van der Waals surface area contributed by atoms with Crippen molar-refractivity contribution in [2.24, 2.45) is 47.3 Å². The lowest BCUT2D eigenvalue weighted by molar-refractivity contribution is -0.390. The molecule has 0 aliphatic carbocycles. The number of aliphatic carboxylic acids is 1. The number of aliphatic hydroxyl groups is 3. The third-order valence-electron chi connectivity index (χ3n) is 15.9. The van der Waals surface area contributed by atoms with Crippen LogP contribution in [-0.4, -0.2) is 124 Å². The molecule has 0 aromatic rings. The number of hydrogen-bond donors (Lipinski definition) is 4. The number of methoxy groups -OCH3 is 1. The smallest absolute Gasteiger partial charge is 0.306 e. The summed E-state index contributed by atoms with van der Waals surface area (Å²) >= 11 is 0. The summed E-state index contributed by atoms with van der Waals surface area (Å²) in [6.07, 6.45) is 3.25. The predicted molar refractivity (Wildman–Crippen MR) is 224 cm³/mol. The first-order chi connectivity index (χ1) is 28.5. The molecule has 6 rings (SSSR count). The van der Waals surface area contributed by atoms with Crippen molar-refractivity contribution in [1.29, 1.82) is 0 Å². The maximum atomic E-state index is 13.4. The van der Waals surface area contributed by atoms with Gasteiger partial charge in [0.05, 0.1) is 67.0 Å². The molecule has 4 N–H and O–H groups in total. The SMILES string of the molecule is CO[C@H]1CC[C@H](O[C@H]2C[C@H]([C@]3(C)CC[C@]4(C[C@H](O)[C@@H](C)[C@@H]([C@@H](C)/C=C(\C)C(=O)[C@H](C)C[C@H](C)C(=O)O)O4)O3)O[C@]3(O[C@@H]([C@H]4O[C@@](O)(CO)[C@H](C)C[C@@H]4C)C[C@@H]3C)[C@@H]2C)O[C@@H]1C. The second-order valence-electron chi connectivity index (χ2n) is 20.6. The molecule has 6 heterocycles. The average molecular weight is 867 g/mol. The highest BCUT2D eigenvalue weighted by Gasteiger charge is 2.65. The lowest BCUT2D eigenvalue weighted by atomic mass is 9.76. The monoisotopic (exact) mass is 867 g/mol. The van der Waals surface area contributed by atoms with Crippen molar-refractivity contribution < 1.29 is 67.9 Å². The average Bonchev–Trinajstić information content (AvgIpc) is 3.71. The van der Waals surface area contributed by atoms with E-state index in [4.69, 9.17) is 37.9 Å². The van der Waals surface area contributed by atoms with E-state index in [1.54, 1.807) is 27.9 Å². The number of carboxylic acid groups (broad SMARTS) is 1. The number of ketones is 1. The van der Waals surface area contributed by atoms with E-state index in [9.17, 15) is 30.0 Å². The summed E-state index contributed by atoms with van der Waals surface area (Å²) in [6, 6.07) is 0. The quantitative estimate of drug-likeness (QED) is 0.154. The molecule has 21 atom stereocenters. The van der Waals surface area contributed by atoms with Gasteiger partial charge in [-0.05, 0) is 64.4 Å². The molecule has 6 fully saturated rings. The standard InChI is InChI=1S/C47H78O14/c1-24(40(50)25(2)18-28(5)43(51)52)17-26(3)41-31(8)34(49)22-45(59-41)16-15-44(11,61-45)38-21-36(56-39-14-13-35(54-12)33(10)55-39)32(9)47(58-38)30(7)20-37(57-47)42-27(4)19-29(6)46(53,23-48)60-42/h17,25-39,41-42,48-49,53H,13-16,18-23H2,1-12H3,(H,51,52)/b24-17+/t25-,26+,27+,28+,29-,30+,31-,32-,33-,34+,35+,36+,37-,38-,39+,41-,42+,44+,45-,46+,47+/m1/s1. The number of ether oxygens (including phenoxy) is 8. The Hall–Kier alpha value is -1.56. The van der Waals surface area contributed by atoms with Crippen LogP contribution in [0.4, 0.5) is 0 Å². The number of aliphatic hydroxyl groups excluding tert-OH is 2. The molecule has 14 nitrogen and oxygen atoms in total. The molecule has 61 heavy (non-hydrogen) atoms. The lowest BCUT2D eigenvalue weighted by Crippen LogP contribution is -2.63. The van der Waals surface area contributed by atoms with Gasteiger partial charge in [0, 0.05) is 68.3 Å². The Morgan fingerprint density at radius 3 is 2.25 bits per heavy atom. The molecular formula is C47H78O14. The van der Waals surface area contributed by atoms with Gasteiger partial charge in [-0.15, -0.1) is 0 Å².